The number of thiophene rings is 1. The molecule has 9 nitrogen and oxygen atoms in total. The average Bonchev–Trinajstić information content (AvgIpc) is 3.29. The van der Waals surface area contributed by atoms with E-state index in [1.807, 2.05) is 0 Å². The van der Waals surface area contributed by atoms with Crippen LogP contribution in [0.4, 0.5) is 0 Å². The highest BCUT2D eigenvalue weighted by Crippen LogP contribution is 2.62. The molecule has 1 amide bonds. The van der Waals surface area contributed by atoms with Crippen LogP contribution in [0.2, 0.25) is 15.1 Å². The van der Waals surface area contributed by atoms with Gasteiger partial charge in [-0.1, -0.05) is 34.8 Å². The fourth-order valence-electron chi connectivity index (χ4n) is 3.58. The van der Waals surface area contributed by atoms with Gasteiger partial charge in [-0.2, -0.15) is 0 Å². The normalized spacial score (nSPS) is 13.2. The molecule has 1 heterocycles. The second-order valence-corrected chi connectivity index (χ2v) is 16.0. The van der Waals surface area contributed by atoms with Gasteiger partial charge in [-0.3, -0.25) is 28.0 Å². The van der Waals surface area contributed by atoms with Crippen LogP contribution in [0.3, 0.4) is 0 Å². The minimum absolute atomic E-state index is 0.275. The molecule has 0 bridgehead atoms. The second kappa shape index (κ2) is 14.8. The van der Waals surface area contributed by atoms with E-state index in [0.29, 0.717) is 26.0 Å². The number of halogens is 3. The lowest BCUT2D eigenvalue weighted by atomic mass is 9.98. The van der Waals surface area contributed by atoms with E-state index in [-0.39, 0.29) is 5.56 Å². The van der Waals surface area contributed by atoms with Gasteiger partial charge >= 0.3 is 19.5 Å². The van der Waals surface area contributed by atoms with Crippen LogP contribution < -0.4 is 5.32 Å². The predicted octanol–water partition coefficient (Wildman–Crippen LogP) is 9.01. The molecule has 1 N–H and O–H groups in total. The summed E-state index contributed by atoms with van der Waals surface area (Å²) in [7, 11) is -4.62. The molecule has 0 aliphatic carbocycles. The lowest BCUT2D eigenvalue weighted by Crippen LogP contribution is -2.29. The van der Waals surface area contributed by atoms with Crippen molar-refractivity contribution in [2.45, 2.75) is 47.2 Å². The van der Waals surface area contributed by atoms with Crippen molar-refractivity contribution in [2.24, 2.45) is 10.8 Å². The van der Waals surface area contributed by atoms with Crippen molar-refractivity contribution in [2.75, 3.05) is 13.6 Å². The van der Waals surface area contributed by atoms with E-state index in [2.05, 4.69) is 5.32 Å². The Hall–Kier alpha value is -2.43. The number of benzene rings is 2. The number of hydrogen-bond acceptors (Lipinski definition) is 9. The zero-order valence-corrected chi connectivity index (χ0v) is 28.9. The van der Waals surface area contributed by atoms with Gasteiger partial charge in [0.1, 0.15) is 0 Å². The molecule has 14 heteroatoms. The van der Waals surface area contributed by atoms with Crippen LogP contribution in [0.1, 0.15) is 58.3 Å². The monoisotopic (exact) mass is 703 g/mol. The molecule has 238 valence electrons. The number of carbonyl (C=O) groups is 3. The molecule has 0 aliphatic heterocycles. The van der Waals surface area contributed by atoms with Gasteiger partial charge in [0.15, 0.2) is 5.66 Å². The molecule has 44 heavy (non-hydrogen) atoms. The molecule has 0 saturated heterocycles. The van der Waals surface area contributed by atoms with Gasteiger partial charge in [0.25, 0.3) is 0 Å². The molecule has 3 rings (SSSR count). The number of hydrogen-bond donors (Lipinski definition) is 1. The Morgan fingerprint density at radius 1 is 0.864 bits per heavy atom. The fourth-order valence-corrected chi connectivity index (χ4v) is 7.06. The van der Waals surface area contributed by atoms with Crippen molar-refractivity contribution in [3.05, 3.63) is 74.2 Å². The maximum Gasteiger partial charge on any atom is 0.353 e. The number of carbonyl (C=O) groups excluding carboxylic acids is 3. The van der Waals surface area contributed by atoms with Crippen LogP contribution in [0.25, 0.3) is 16.2 Å². The number of amides is 1. The van der Waals surface area contributed by atoms with E-state index in [0.717, 1.165) is 4.70 Å². The standard InChI is InChI=1S/C30H33Cl3NO8PS/c1-29(2,3)27(36)39-16-41-43(38,42-17-40-28(37)30(4,5)6)25(23-15-44-24-8-7-19(31)14-22(23)24)26(35)34-10-9-18-11-20(32)13-21(33)12-18/h7-15,25H,16-17H2,1-6H3,(H,34,35)/b10-9+. The van der Waals surface area contributed by atoms with Crippen LogP contribution in [0.5, 0.6) is 0 Å². The first-order valence-corrected chi connectivity index (χ1v) is 16.9. The molecular formula is C30H33Cl3NO8PS. The van der Waals surface area contributed by atoms with Crippen LogP contribution >= 0.6 is 53.7 Å². The van der Waals surface area contributed by atoms with E-state index in [4.69, 9.17) is 53.3 Å². The second-order valence-electron chi connectivity index (χ2n) is 11.7. The van der Waals surface area contributed by atoms with E-state index in [9.17, 15) is 18.9 Å². The van der Waals surface area contributed by atoms with Crippen molar-refractivity contribution in [3.8, 4) is 0 Å². The summed E-state index contributed by atoms with van der Waals surface area (Å²) in [5.41, 5.74) is -2.52. The SMILES string of the molecule is CC(C)(C)C(=O)OCOP(=O)(OCOC(=O)C(C)(C)C)C(C(=O)N/C=C/c1cc(Cl)cc(Cl)c1)c1csc2ccc(Cl)cc12. The molecule has 0 spiro atoms. The Bertz CT molecular complexity index is 1550. The van der Waals surface area contributed by atoms with E-state index in [1.54, 1.807) is 83.3 Å². The van der Waals surface area contributed by atoms with Gasteiger partial charge in [0, 0.05) is 26.0 Å². The van der Waals surface area contributed by atoms with E-state index in [1.165, 1.54) is 23.6 Å². The van der Waals surface area contributed by atoms with Gasteiger partial charge in [0.2, 0.25) is 19.5 Å². The molecule has 0 saturated carbocycles. The summed E-state index contributed by atoms with van der Waals surface area (Å²) in [6, 6.07) is 9.88. The third-order valence-electron chi connectivity index (χ3n) is 5.88. The molecular weight excluding hydrogens is 672 g/mol. The summed E-state index contributed by atoms with van der Waals surface area (Å²) in [6.07, 6.45) is 2.86. The summed E-state index contributed by atoms with van der Waals surface area (Å²) < 4.78 is 36.9. The van der Waals surface area contributed by atoms with E-state index >= 15 is 0 Å². The number of esters is 2. The lowest BCUT2D eigenvalue weighted by molar-refractivity contribution is -0.162. The Labute approximate surface area is 275 Å². The van der Waals surface area contributed by atoms with Gasteiger partial charge in [-0.05, 0) is 106 Å². The quantitative estimate of drug-likeness (QED) is 0.119. The average molecular weight is 705 g/mol. The summed E-state index contributed by atoms with van der Waals surface area (Å²) in [4.78, 5) is 38.7. The highest BCUT2D eigenvalue weighted by atomic mass is 35.5. The zero-order valence-electron chi connectivity index (χ0n) is 24.9. The van der Waals surface area contributed by atoms with Crippen molar-refractivity contribution in [1.82, 2.24) is 5.32 Å². The summed E-state index contributed by atoms with van der Waals surface area (Å²) in [6.45, 7) is 8.20. The molecule has 0 aliphatic rings. The highest BCUT2D eigenvalue weighted by Gasteiger charge is 2.45. The fraction of sp³-hybridized carbons (Fsp3) is 0.367. The van der Waals surface area contributed by atoms with Gasteiger partial charge in [-0.15, -0.1) is 11.3 Å². The third-order valence-corrected chi connectivity index (χ3v) is 9.61. The van der Waals surface area contributed by atoms with Gasteiger partial charge < -0.3 is 14.8 Å². The number of fused-ring (bicyclic) bond motifs is 1. The topological polar surface area (TPSA) is 117 Å². The first kappa shape index (κ1) is 36.0. The Morgan fingerprint density at radius 2 is 1.41 bits per heavy atom. The lowest BCUT2D eigenvalue weighted by Gasteiger charge is -2.27. The van der Waals surface area contributed by atoms with Crippen molar-refractivity contribution in [1.29, 1.82) is 0 Å². The third kappa shape index (κ3) is 9.78. The predicted molar refractivity (Wildman–Crippen MR) is 174 cm³/mol. The molecule has 0 radical (unpaired) electrons. The van der Waals surface area contributed by atoms with Gasteiger partial charge in [0.05, 0.1) is 10.8 Å². The van der Waals surface area contributed by atoms with Crippen molar-refractivity contribution in [3.63, 3.8) is 0 Å². The number of rotatable bonds is 11. The van der Waals surface area contributed by atoms with Crippen LogP contribution in [-0.4, -0.2) is 31.4 Å². The van der Waals surface area contributed by atoms with E-state index < -0.39 is 55.5 Å². The minimum Gasteiger partial charge on any atom is -0.438 e. The minimum atomic E-state index is -4.62. The van der Waals surface area contributed by atoms with Crippen molar-refractivity contribution < 1.29 is 37.5 Å². The Morgan fingerprint density at radius 3 is 1.93 bits per heavy atom. The number of ether oxygens (including phenoxy) is 2. The number of nitrogens with one attached hydrogen (secondary N) is 1. The van der Waals surface area contributed by atoms with Gasteiger partial charge in [-0.25, -0.2) is 0 Å². The Kier molecular flexibility index (Phi) is 12.1. The molecule has 1 unspecified atom stereocenters. The van der Waals surface area contributed by atoms with Crippen LogP contribution in [-0.2, 0) is 37.5 Å². The maximum absolute atomic E-state index is 14.6. The van der Waals surface area contributed by atoms with Crippen LogP contribution in [0.15, 0.2) is 48.0 Å². The molecule has 1 aromatic heterocycles. The van der Waals surface area contributed by atoms with Crippen LogP contribution in [0, 0.1) is 10.8 Å². The maximum atomic E-state index is 14.6. The smallest absolute Gasteiger partial charge is 0.353 e. The highest BCUT2D eigenvalue weighted by molar-refractivity contribution is 7.55. The van der Waals surface area contributed by atoms with Crippen molar-refractivity contribution >= 4 is 87.7 Å². The largest absolute Gasteiger partial charge is 0.438 e. The molecule has 0 fully saturated rings. The summed E-state index contributed by atoms with van der Waals surface area (Å²) in [5, 5.41) is 5.93. The summed E-state index contributed by atoms with van der Waals surface area (Å²) in [5.74, 6) is -2.07. The Balaban J connectivity index is 2.03. The molecule has 2 aromatic carbocycles. The zero-order chi connectivity index (χ0) is 32.9. The molecule has 3 aromatic rings. The first-order valence-electron chi connectivity index (χ1n) is 13.2. The summed E-state index contributed by atoms with van der Waals surface area (Å²) >= 11 is 19.7. The molecule has 1 atom stereocenters. The first-order chi connectivity index (χ1) is 20.4.